The Balaban J connectivity index is -0.00000200. The van der Waals surface area contributed by atoms with Crippen molar-refractivity contribution >= 4 is 16.1 Å². The first kappa shape index (κ1) is 27.9. The van der Waals surface area contributed by atoms with Crippen molar-refractivity contribution in [2.45, 2.75) is 77.8 Å². The Morgan fingerprint density at radius 3 is 2.43 bits per heavy atom. The molecule has 0 saturated carbocycles. The summed E-state index contributed by atoms with van der Waals surface area (Å²) in [5, 5.41) is 8.99. The first-order valence-electron chi connectivity index (χ1n) is 7.26. The summed E-state index contributed by atoms with van der Waals surface area (Å²) in [6.07, 6.45) is 8.14. The van der Waals surface area contributed by atoms with Gasteiger partial charge in [-0.05, 0) is 32.3 Å². The number of carbonyl (C=O) groups is 1. The molecule has 0 saturated heterocycles. The normalized spacial score (nSPS) is 13.7. The average molecular weight is 360 g/mol. The number of hydrogen-bond donors (Lipinski definition) is 1. The van der Waals surface area contributed by atoms with E-state index >= 15 is 0 Å². The molecular formula is C15H29NaO6S. The van der Waals surface area contributed by atoms with Crippen molar-refractivity contribution in [3.05, 3.63) is 12.2 Å². The molecule has 8 heteroatoms. The minimum atomic E-state index is -4.77. The summed E-state index contributed by atoms with van der Waals surface area (Å²) in [7, 11) is -4.77. The Labute approximate surface area is 162 Å². The van der Waals surface area contributed by atoms with Gasteiger partial charge in [-0.15, -0.1) is 0 Å². The molecule has 0 rings (SSSR count). The van der Waals surface area contributed by atoms with Gasteiger partial charge in [0.1, 0.15) is 21.7 Å². The second-order valence-corrected chi connectivity index (χ2v) is 6.49. The van der Waals surface area contributed by atoms with Gasteiger partial charge in [-0.1, -0.05) is 39.7 Å². The van der Waals surface area contributed by atoms with Crippen LogP contribution in [0.3, 0.4) is 0 Å². The third-order valence-electron chi connectivity index (χ3n) is 2.88. The first-order chi connectivity index (χ1) is 9.77. The van der Waals surface area contributed by atoms with Crippen LogP contribution in [0.1, 0.15) is 66.2 Å². The average Bonchev–Trinajstić information content (AvgIpc) is 2.38. The van der Waals surface area contributed by atoms with E-state index in [1.807, 2.05) is 6.08 Å². The topological polar surface area (TPSA) is 104 Å². The van der Waals surface area contributed by atoms with Gasteiger partial charge in [-0.25, -0.2) is 8.42 Å². The second kappa shape index (κ2) is 15.6. The largest absolute Gasteiger partial charge is 1.00 e. The zero-order valence-electron chi connectivity index (χ0n) is 13.7. The Morgan fingerprint density at radius 2 is 1.91 bits per heavy atom. The molecule has 0 bridgehead atoms. The standard InChI is InChI=1S/C14H26O6S.CH4.Na/c1-3-4-5-6-7-8-9-12(2)20-13(15)10-11-14(16)21(17,18)19;;/h8-9,12,14,16H,3-7,10-11H2,1-2H3,(H,17,18,19);1H4;/q;;+1/p-1/b9-8+;;. The fourth-order valence-corrected chi connectivity index (χ4v) is 2.07. The Hall–Kier alpha value is 0.0800. The number of hydrogen-bond acceptors (Lipinski definition) is 6. The van der Waals surface area contributed by atoms with Gasteiger partial charge in [-0.3, -0.25) is 4.79 Å². The number of carbonyl (C=O) groups excluding carboxylic acids is 1. The van der Waals surface area contributed by atoms with E-state index in [0.29, 0.717) is 0 Å². The molecule has 23 heavy (non-hydrogen) atoms. The van der Waals surface area contributed by atoms with Crippen LogP contribution in [-0.2, 0) is 19.6 Å². The molecule has 1 N–H and O–H groups in total. The van der Waals surface area contributed by atoms with Crippen LogP contribution in [0.2, 0.25) is 0 Å². The van der Waals surface area contributed by atoms with E-state index in [-0.39, 0.29) is 43.4 Å². The van der Waals surface area contributed by atoms with Crippen molar-refractivity contribution in [2.75, 3.05) is 0 Å². The van der Waals surface area contributed by atoms with E-state index in [9.17, 15) is 17.8 Å². The predicted molar refractivity (Wildman–Crippen MR) is 85.1 cm³/mol. The molecule has 0 spiro atoms. The van der Waals surface area contributed by atoms with Crippen molar-refractivity contribution < 1.29 is 57.2 Å². The minimum Gasteiger partial charge on any atom is -0.746 e. The van der Waals surface area contributed by atoms with Crippen LogP contribution in [0.4, 0.5) is 0 Å². The Morgan fingerprint density at radius 1 is 1.30 bits per heavy atom. The summed E-state index contributed by atoms with van der Waals surface area (Å²) in [6.45, 7) is 3.84. The van der Waals surface area contributed by atoms with Crippen LogP contribution >= 0.6 is 0 Å². The number of ether oxygens (including phenoxy) is 1. The predicted octanol–water partition coefficient (Wildman–Crippen LogP) is -0.271. The number of unbranched alkanes of at least 4 members (excludes halogenated alkanes) is 4. The molecule has 0 fully saturated rings. The second-order valence-electron chi connectivity index (χ2n) is 4.96. The Kier molecular flexibility index (Phi) is 18.9. The minimum absolute atomic E-state index is 0. The maximum absolute atomic E-state index is 11.4. The smallest absolute Gasteiger partial charge is 0.746 e. The molecular weight excluding hydrogens is 331 g/mol. The van der Waals surface area contributed by atoms with Crippen LogP contribution in [-0.4, -0.2) is 35.6 Å². The summed E-state index contributed by atoms with van der Waals surface area (Å²) in [5.41, 5.74) is -2.06. The molecule has 0 aromatic carbocycles. The molecule has 132 valence electrons. The van der Waals surface area contributed by atoms with Gasteiger partial charge in [0.25, 0.3) is 0 Å². The summed E-state index contributed by atoms with van der Waals surface area (Å²) in [5.74, 6) is -0.638. The Bertz CT molecular complexity index is 422. The van der Waals surface area contributed by atoms with Gasteiger partial charge in [0.05, 0.1) is 0 Å². The molecule has 6 nitrogen and oxygen atoms in total. The van der Waals surface area contributed by atoms with Crippen molar-refractivity contribution in [2.24, 2.45) is 0 Å². The van der Waals surface area contributed by atoms with Gasteiger partial charge in [0.15, 0.2) is 0 Å². The summed E-state index contributed by atoms with van der Waals surface area (Å²) < 4.78 is 36.3. The van der Waals surface area contributed by atoms with Crippen molar-refractivity contribution in [1.82, 2.24) is 0 Å². The maximum Gasteiger partial charge on any atom is 1.00 e. The number of aliphatic hydroxyl groups is 1. The number of allylic oxidation sites excluding steroid dienone is 1. The summed E-state index contributed by atoms with van der Waals surface area (Å²) >= 11 is 0. The third-order valence-corrected chi connectivity index (χ3v) is 3.78. The van der Waals surface area contributed by atoms with E-state index < -0.39 is 34.0 Å². The number of esters is 1. The maximum atomic E-state index is 11.4. The van der Waals surface area contributed by atoms with Crippen LogP contribution in [0, 0.1) is 0 Å². The molecule has 0 aliphatic carbocycles. The van der Waals surface area contributed by atoms with E-state index in [1.165, 1.54) is 19.3 Å². The molecule has 0 aromatic rings. The number of aliphatic hydroxyl groups excluding tert-OH is 1. The molecule has 2 unspecified atom stereocenters. The van der Waals surface area contributed by atoms with Gasteiger partial charge in [0, 0.05) is 6.42 Å². The first-order valence-corrected chi connectivity index (χ1v) is 8.73. The van der Waals surface area contributed by atoms with E-state index in [2.05, 4.69) is 6.92 Å². The van der Waals surface area contributed by atoms with Gasteiger partial charge < -0.3 is 14.4 Å². The zero-order chi connectivity index (χ0) is 16.3. The van der Waals surface area contributed by atoms with Gasteiger partial charge >= 0.3 is 35.5 Å². The van der Waals surface area contributed by atoms with Crippen molar-refractivity contribution in [3.63, 3.8) is 0 Å². The van der Waals surface area contributed by atoms with Crippen molar-refractivity contribution in [3.8, 4) is 0 Å². The van der Waals surface area contributed by atoms with Crippen molar-refractivity contribution in [1.29, 1.82) is 0 Å². The van der Waals surface area contributed by atoms with Crippen LogP contribution in [0.15, 0.2) is 12.2 Å². The zero-order valence-corrected chi connectivity index (χ0v) is 16.5. The molecule has 0 heterocycles. The summed E-state index contributed by atoms with van der Waals surface area (Å²) in [6, 6.07) is 0. The fraction of sp³-hybridized carbons (Fsp3) is 0.800. The monoisotopic (exact) mass is 360 g/mol. The van der Waals surface area contributed by atoms with Gasteiger partial charge in [0.2, 0.25) is 0 Å². The van der Waals surface area contributed by atoms with Crippen LogP contribution in [0.25, 0.3) is 0 Å². The molecule has 0 aliphatic rings. The van der Waals surface area contributed by atoms with Gasteiger partial charge in [-0.2, -0.15) is 0 Å². The van der Waals surface area contributed by atoms with E-state index in [4.69, 9.17) is 9.84 Å². The molecule has 2 atom stereocenters. The number of rotatable bonds is 11. The molecule has 0 amide bonds. The molecule has 0 aromatic heterocycles. The van der Waals surface area contributed by atoms with Crippen LogP contribution < -0.4 is 29.6 Å². The quantitative estimate of drug-likeness (QED) is 0.179. The van der Waals surface area contributed by atoms with E-state index in [0.717, 1.165) is 12.8 Å². The summed E-state index contributed by atoms with van der Waals surface area (Å²) in [4.78, 5) is 11.4. The third kappa shape index (κ3) is 16.7. The van der Waals surface area contributed by atoms with Crippen LogP contribution in [0.5, 0.6) is 0 Å². The molecule has 0 aliphatic heterocycles. The van der Waals surface area contributed by atoms with E-state index in [1.54, 1.807) is 13.0 Å². The molecule has 0 radical (unpaired) electrons. The SMILES string of the molecule is C.CCCCCC/C=C/C(C)OC(=O)CCC(O)S(=O)(=O)[O-].[Na+]. The fourth-order valence-electron chi connectivity index (χ4n) is 1.67.